The lowest BCUT2D eigenvalue weighted by Crippen LogP contribution is -2.32. The Morgan fingerprint density at radius 2 is 1.55 bits per heavy atom. The maximum atomic E-state index is 12.6. The fourth-order valence-corrected chi connectivity index (χ4v) is 3.62. The summed E-state index contributed by atoms with van der Waals surface area (Å²) in [6.07, 6.45) is 1.57. The molecule has 0 fully saturated rings. The van der Waals surface area contributed by atoms with Gasteiger partial charge in [0.15, 0.2) is 11.5 Å². The molecule has 0 aliphatic heterocycles. The van der Waals surface area contributed by atoms with Crippen molar-refractivity contribution < 1.29 is 17.9 Å². The smallest absolute Gasteiger partial charge is 0.243 e. The summed E-state index contributed by atoms with van der Waals surface area (Å²) in [7, 11) is -0.475. The summed E-state index contributed by atoms with van der Waals surface area (Å²) in [5.74, 6) is 0.936. The van der Waals surface area contributed by atoms with Gasteiger partial charge in [-0.25, -0.2) is 8.42 Å². The van der Waals surface area contributed by atoms with Crippen LogP contribution in [0.1, 0.15) is 26.7 Å². The Hall–Kier alpha value is -1.27. The molecule has 0 spiro atoms. The zero-order valence-electron chi connectivity index (χ0n) is 12.5. The predicted molar refractivity (Wildman–Crippen MR) is 78.9 cm³/mol. The van der Waals surface area contributed by atoms with Crippen LogP contribution in [0.2, 0.25) is 0 Å². The van der Waals surface area contributed by atoms with Gasteiger partial charge in [-0.3, -0.25) is 0 Å². The van der Waals surface area contributed by atoms with Crippen molar-refractivity contribution in [2.75, 3.05) is 27.3 Å². The third-order valence-electron chi connectivity index (χ3n) is 2.94. The summed E-state index contributed by atoms with van der Waals surface area (Å²) in [6.45, 7) is 4.97. The standard InChI is InChI=1S/C14H23NO4S/c1-5-9-15(10-6-2)20(16,17)12-7-8-13(18-3)14(11-12)19-4/h7-8,11H,5-6,9-10H2,1-4H3. The Morgan fingerprint density at radius 3 is 2.00 bits per heavy atom. The van der Waals surface area contributed by atoms with E-state index in [-0.39, 0.29) is 4.90 Å². The van der Waals surface area contributed by atoms with Crippen LogP contribution < -0.4 is 9.47 Å². The summed E-state index contributed by atoms with van der Waals surface area (Å²) < 4.78 is 37.0. The molecule has 1 aromatic rings. The van der Waals surface area contributed by atoms with E-state index in [1.807, 2.05) is 13.8 Å². The number of ether oxygens (including phenoxy) is 2. The van der Waals surface area contributed by atoms with Crippen molar-refractivity contribution in [1.82, 2.24) is 4.31 Å². The van der Waals surface area contributed by atoms with E-state index in [1.54, 1.807) is 12.1 Å². The van der Waals surface area contributed by atoms with E-state index in [0.717, 1.165) is 12.8 Å². The lowest BCUT2D eigenvalue weighted by molar-refractivity contribution is 0.353. The molecule has 0 aliphatic rings. The zero-order chi connectivity index (χ0) is 15.2. The average Bonchev–Trinajstić information content (AvgIpc) is 2.46. The van der Waals surface area contributed by atoms with Crippen LogP contribution in [0.4, 0.5) is 0 Å². The topological polar surface area (TPSA) is 55.8 Å². The molecule has 0 radical (unpaired) electrons. The second-order valence-electron chi connectivity index (χ2n) is 4.42. The molecule has 20 heavy (non-hydrogen) atoms. The van der Waals surface area contributed by atoms with E-state index in [4.69, 9.17) is 9.47 Å². The summed E-state index contributed by atoms with van der Waals surface area (Å²) in [6, 6.07) is 4.67. The lowest BCUT2D eigenvalue weighted by Gasteiger charge is -2.21. The number of benzene rings is 1. The van der Waals surface area contributed by atoms with Crippen molar-refractivity contribution in [2.45, 2.75) is 31.6 Å². The molecule has 0 saturated carbocycles. The first kappa shape index (κ1) is 16.8. The van der Waals surface area contributed by atoms with Gasteiger partial charge in [-0.05, 0) is 25.0 Å². The monoisotopic (exact) mass is 301 g/mol. The molecular weight excluding hydrogens is 278 g/mol. The third-order valence-corrected chi connectivity index (χ3v) is 4.83. The number of methoxy groups -OCH3 is 2. The van der Waals surface area contributed by atoms with Crippen molar-refractivity contribution in [3.63, 3.8) is 0 Å². The van der Waals surface area contributed by atoms with Crippen LogP contribution in [0, 0.1) is 0 Å². The highest BCUT2D eigenvalue weighted by Gasteiger charge is 2.24. The van der Waals surface area contributed by atoms with Gasteiger partial charge in [0.05, 0.1) is 19.1 Å². The molecule has 0 heterocycles. The van der Waals surface area contributed by atoms with E-state index in [0.29, 0.717) is 24.6 Å². The van der Waals surface area contributed by atoms with E-state index in [2.05, 4.69) is 0 Å². The zero-order valence-corrected chi connectivity index (χ0v) is 13.4. The molecule has 0 N–H and O–H groups in total. The van der Waals surface area contributed by atoms with Gasteiger partial charge >= 0.3 is 0 Å². The molecule has 0 bridgehead atoms. The molecule has 0 atom stereocenters. The van der Waals surface area contributed by atoms with Crippen LogP contribution in [-0.2, 0) is 10.0 Å². The van der Waals surface area contributed by atoms with E-state index < -0.39 is 10.0 Å². The van der Waals surface area contributed by atoms with Gasteiger partial charge in [0.1, 0.15) is 0 Å². The number of nitrogens with zero attached hydrogens (tertiary/aromatic N) is 1. The molecule has 1 rings (SSSR count). The lowest BCUT2D eigenvalue weighted by atomic mass is 10.3. The first-order valence-corrected chi connectivity index (χ1v) is 8.17. The molecule has 0 unspecified atom stereocenters. The molecule has 1 aromatic carbocycles. The van der Waals surface area contributed by atoms with Crippen LogP contribution in [0.15, 0.2) is 23.1 Å². The summed E-state index contributed by atoms with van der Waals surface area (Å²) in [4.78, 5) is 0.233. The Labute approximate surface area is 121 Å². The van der Waals surface area contributed by atoms with Crippen molar-refractivity contribution in [3.8, 4) is 11.5 Å². The van der Waals surface area contributed by atoms with Crippen LogP contribution in [0.3, 0.4) is 0 Å². The second kappa shape index (κ2) is 7.50. The van der Waals surface area contributed by atoms with Gasteiger partial charge in [-0.2, -0.15) is 4.31 Å². The summed E-state index contributed by atoms with van der Waals surface area (Å²) in [5.41, 5.74) is 0. The molecule has 114 valence electrons. The minimum atomic E-state index is -3.49. The molecule has 6 heteroatoms. The molecule has 5 nitrogen and oxygen atoms in total. The SMILES string of the molecule is CCCN(CCC)S(=O)(=O)c1ccc(OC)c(OC)c1. The van der Waals surface area contributed by atoms with Gasteiger partial charge in [-0.15, -0.1) is 0 Å². The van der Waals surface area contributed by atoms with E-state index in [1.165, 1.54) is 24.6 Å². The first-order chi connectivity index (χ1) is 9.51. The van der Waals surface area contributed by atoms with Gasteiger partial charge < -0.3 is 9.47 Å². The summed E-state index contributed by atoms with van der Waals surface area (Å²) in [5, 5.41) is 0. The average molecular weight is 301 g/mol. The molecule has 0 amide bonds. The van der Waals surface area contributed by atoms with Crippen LogP contribution in [-0.4, -0.2) is 40.0 Å². The number of rotatable bonds is 8. The van der Waals surface area contributed by atoms with Crippen LogP contribution in [0.5, 0.6) is 11.5 Å². The Bertz CT molecular complexity index is 522. The first-order valence-electron chi connectivity index (χ1n) is 6.73. The molecule has 0 aromatic heterocycles. The number of hydrogen-bond acceptors (Lipinski definition) is 4. The summed E-state index contributed by atoms with van der Waals surface area (Å²) >= 11 is 0. The highest BCUT2D eigenvalue weighted by molar-refractivity contribution is 7.89. The fraction of sp³-hybridized carbons (Fsp3) is 0.571. The van der Waals surface area contributed by atoms with Crippen molar-refractivity contribution in [1.29, 1.82) is 0 Å². The predicted octanol–water partition coefficient (Wildman–Crippen LogP) is 2.51. The van der Waals surface area contributed by atoms with Crippen LogP contribution in [0.25, 0.3) is 0 Å². The van der Waals surface area contributed by atoms with E-state index in [9.17, 15) is 8.42 Å². The van der Waals surface area contributed by atoms with Gasteiger partial charge in [0, 0.05) is 19.2 Å². The Balaban J connectivity index is 3.19. The minimum absolute atomic E-state index is 0.233. The van der Waals surface area contributed by atoms with E-state index >= 15 is 0 Å². The van der Waals surface area contributed by atoms with Gasteiger partial charge in [-0.1, -0.05) is 13.8 Å². The van der Waals surface area contributed by atoms with Crippen molar-refractivity contribution in [3.05, 3.63) is 18.2 Å². The third kappa shape index (κ3) is 3.64. The Morgan fingerprint density at radius 1 is 1.00 bits per heavy atom. The number of hydrogen-bond donors (Lipinski definition) is 0. The minimum Gasteiger partial charge on any atom is -0.493 e. The van der Waals surface area contributed by atoms with Crippen molar-refractivity contribution >= 4 is 10.0 Å². The maximum Gasteiger partial charge on any atom is 0.243 e. The molecule has 0 saturated heterocycles. The van der Waals surface area contributed by atoms with Gasteiger partial charge in [0.2, 0.25) is 10.0 Å². The van der Waals surface area contributed by atoms with Gasteiger partial charge in [0.25, 0.3) is 0 Å². The highest BCUT2D eigenvalue weighted by Crippen LogP contribution is 2.30. The Kier molecular flexibility index (Phi) is 6.29. The fourth-order valence-electron chi connectivity index (χ4n) is 1.98. The quantitative estimate of drug-likeness (QED) is 0.740. The maximum absolute atomic E-state index is 12.6. The van der Waals surface area contributed by atoms with Crippen LogP contribution >= 0.6 is 0 Å². The molecule has 0 aliphatic carbocycles. The number of sulfonamides is 1. The largest absolute Gasteiger partial charge is 0.493 e. The molecular formula is C14H23NO4S. The van der Waals surface area contributed by atoms with Crippen molar-refractivity contribution in [2.24, 2.45) is 0 Å². The highest BCUT2D eigenvalue weighted by atomic mass is 32.2. The second-order valence-corrected chi connectivity index (χ2v) is 6.36. The normalized spacial score (nSPS) is 11.7.